The van der Waals surface area contributed by atoms with Crippen LogP contribution in [0.1, 0.15) is 19.7 Å². The SMILES string of the molecule is COc1ccc(N2Cc3nc(=O)n(CC(C)C)n3C2=O)cc1. The van der Waals surface area contributed by atoms with E-state index in [9.17, 15) is 9.59 Å². The number of carbonyl (C=O) groups is 1. The molecule has 1 aliphatic rings. The Hall–Kier alpha value is -2.57. The molecule has 0 unspecified atom stereocenters. The van der Waals surface area contributed by atoms with Crippen molar-refractivity contribution >= 4 is 11.7 Å². The van der Waals surface area contributed by atoms with E-state index in [0.29, 0.717) is 18.9 Å². The lowest BCUT2D eigenvalue weighted by atomic mass is 10.2. The van der Waals surface area contributed by atoms with Crippen molar-refractivity contribution in [3.05, 3.63) is 40.6 Å². The molecule has 0 radical (unpaired) electrons. The highest BCUT2D eigenvalue weighted by atomic mass is 16.5. The number of hydrogen-bond donors (Lipinski definition) is 0. The van der Waals surface area contributed by atoms with Crippen LogP contribution >= 0.6 is 0 Å². The topological polar surface area (TPSA) is 69.4 Å². The summed E-state index contributed by atoms with van der Waals surface area (Å²) in [5.41, 5.74) is 0.381. The number of ether oxygens (including phenoxy) is 1. The van der Waals surface area contributed by atoms with Gasteiger partial charge in [-0.2, -0.15) is 9.67 Å². The third-order valence-corrected chi connectivity index (χ3v) is 3.57. The normalized spacial score (nSPS) is 13.8. The van der Waals surface area contributed by atoms with Crippen LogP contribution in [0.4, 0.5) is 10.5 Å². The number of fused-ring (bicyclic) bond motifs is 1. The molecule has 0 saturated carbocycles. The van der Waals surface area contributed by atoms with Gasteiger partial charge in [-0.3, -0.25) is 4.90 Å². The van der Waals surface area contributed by atoms with E-state index in [4.69, 9.17) is 4.74 Å². The summed E-state index contributed by atoms with van der Waals surface area (Å²) in [5.74, 6) is 1.46. The van der Waals surface area contributed by atoms with E-state index < -0.39 is 0 Å². The molecule has 0 bridgehead atoms. The predicted octanol–water partition coefficient (Wildman–Crippen LogP) is 1.70. The van der Waals surface area contributed by atoms with Crippen LogP contribution in [0, 0.1) is 5.92 Å². The highest BCUT2D eigenvalue weighted by Gasteiger charge is 2.33. The lowest BCUT2D eigenvalue weighted by Crippen LogP contribution is -2.34. The van der Waals surface area contributed by atoms with Gasteiger partial charge in [0, 0.05) is 12.2 Å². The monoisotopic (exact) mass is 302 g/mol. The van der Waals surface area contributed by atoms with Crippen LogP contribution in [0.15, 0.2) is 29.1 Å². The second-order valence-corrected chi connectivity index (χ2v) is 5.67. The van der Waals surface area contributed by atoms with Gasteiger partial charge in [0.05, 0.1) is 13.7 Å². The maximum atomic E-state index is 12.6. The molecule has 0 spiro atoms. The first-order valence-corrected chi connectivity index (χ1v) is 7.16. The summed E-state index contributed by atoms with van der Waals surface area (Å²) in [6.07, 6.45) is 0. The van der Waals surface area contributed by atoms with Gasteiger partial charge in [-0.05, 0) is 30.2 Å². The van der Waals surface area contributed by atoms with Crippen molar-refractivity contribution in [1.29, 1.82) is 0 Å². The maximum Gasteiger partial charge on any atom is 0.364 e. The molecule has 3 rings (SSSR count). The molecule has 0 fully saturated rings. The highest BCUT2D eigenvalue weighted by Crippen LogP contribution is 2.25. The first-order valence-electron chi connectivity index (χ1n) is 7.16. The van der Waals surface area contributed by atoms with Crippen LogP contribution in [-0.2, 0) is 13.1 Å². The zero-order chi connectivity index (χ0) is 15.9. The minimum absolute atomic E-state index is 0.251. The zero-order valence-corrected chi connectivity index (χ0v) is 12.8. The fourth-order valence-electron chi connectivity index (χ4n) is 2.55. The standard InChI is InChI=1S/C15H18N4O3/c1-10(2)8-18-14(20)16-13-9-17(15(21)19(13)18)11-4-6-12(22-3)7-5-11/h4-7,10H,8-9H2,1-3H3. The first kappa shape index (κ1) is 14.4. The van der Waals surface area contributed by atoms with Gasteiger partial charge < -0.3 is 4.74 Å². The van der Waals surface area contributed by atoms with Crippen molar-refractivity contribution in [3.8, 4) is 5.75 Å². The molecule has 0 atom stereocenters. The predicted molar refractivity (Wildman–Crippen MR) is 81.3 cm³/mol. The molecule has 22 heavy (non-hydrogen) atoms. The van der Waals surface area contributed by atoms with E-state index in [2.05, 4.69) is 4.98 Å². The molecule has 116 valence electrons. The minimum Gasteiger partial charge on any atom is -0.497 e. The molecule has 0 saturated heterocycles. The fourth-order valence-corrected chi connectivity index (χ4v) is 2.55. The molecule has 0 N–H and O–H groups in total. The van der Waals surface area contributed by atoms with Gasteiger partial charge in [0.15, 0.2) is 5.82 Å². The number of anilines is 1. The number of hydrogen-bond acceptors (Lipinski definition) is 4. The average Bonchev–Trinajstić information content (AvgIpc) is 2.96. The molecule has 0 aliphatic carbocycles. The molecule has 7 heteroatoms. The summed E-state index contributed by atoms with van der Waals surface area (Å²) in [6.45, 7) is 4.75. The number of amides is 1. The Morgan fingerprint density at radius 1 is 1.23 bits per heavy atom. The molecule has 1 amide bonds. The van der Waals surface area contributed by atoms with E-state index in [-0.39, 0.29) is 17.6 Å². The van der Waals surface area contributed by atoms with Crippen molar-refractivity contribution in [3.63, 3.8) is 0 Å². The van der Waals surface area contributed by atoms with Crippen LogP contribution < -0.4 is 15.3 Å². The minimum atomic E-state index is -0.369. The summed E-state index contributed by atoms with van der Waals surface area (Å²) in [4.78, 5) is 30.1. The molecule has 1 aliphatic heterocycles. The van der Waals surface area contributed by atoms with E-state index >= 15 is 0 Å². The van der Waals surface area contributed by atoms with Crippen LogP contribution in [0.5, 0.6) is 5.75 Å². The summed E-state index contributed by atoms with van der Waals surface area (Å²) in [6, 6.07) is 6.97. The van der Waals surface area contributed by atoms with Gasteiger partial charge >= 0.3 is 11.7 Å². The van der Waals surface area contributed by atoms with Gasteiger partial charge in [-0.15, -0.1) is 0 Å². The number of carbonyl (C=O) groups excluding carboxylic acids is 1. The largest absolute Gasteiger partial charge is 0.497 e. The Labute approximate surface area is 127 Å². The van der Waals surface area contributed by atoms with Gasteiger partial charge in [0.2, 0.25) is 0 Å². The lowest BCUT2D eigenvalue weighted by molar-refractivity contribution is 0.242. The smallest absolute Gasteiger partial charge is 0.364 e. The Morgan fingerprint density at radius 3 is 2.50 bits per heavy atom. The van der Waals surface area contributed by atoms with Gasteiger partial charge in [-0.1, -0.05) is 13.8 Å². The second kappa shape index (κ2) is 5.32. The summed E-state index contributed by atoms with van der Waals surface area (Å²) < 4.78 is 7.91. The molecule has 7 nitrogen and oxygen atoms in total. The summed E-state index contributed by atoms with van der Waals surface area (Å²) in [5, 5.41) is 0. The Balaban J connectivity index is 1.94. The van der Waals surface area contributed by atoms with Crippen molar-refractivity contribution in [2.45, 2.75) is 26.9 Å². The fraction of sp³-hybridized carbons (Fsp3) is 0.400. The Bertz CT molecular complexity index is 758. The van der Waals surface area contributed by atoms with Gasteiger partial charge in [0.1, 0.15) is 5.75 Å². The van der Waals surface area contributed by atoms with Gasteiger partial charge in [-0.25, -0.2) is 14.3 Å². The number of methoxy groups -OCH3 is 1. The number of nitrogens with zero attached hydrogens (tertiary/aromatic N) is 4. The van der Waals surface area contributed by atoms with Gasteiger partial charge in [0.25, 0.3) is 0 Å². The Kier molecular flexibility index (Phi) is 3.48. The maximum absolute atomic E-state index is 12.6. The van der Waals surface area contributed by atoms with E-state index in [1.807, 2.05) is 26.0 Å². The molecule has 1 aromatic carbocycles. The number of rotatable bonds is 4. The van der Waals surface area contributed by atoms with Crippen molar-refractivity contribution in [2.75, 3.05) is 12.0 Å². The van der Waals surface area contributed by atoms with E-state index in [0.717, 1.165) is 11.4 Å². The third kappa shape index (κ3) is 2.28. The second-order valence-electron chi connectivity index (χ2n) is 5.67. The molecular weight excluding hydrogens is 284 g/mol. The zero-order valence-electron chi connectivity index (χ0n) is 12.8. The summed E-state index contributed by atoms with van der Waals surface area (Å²) >= 11 is 0. The van der Waals surface area contributed by atoms with Crippen molar-refractivity contribution in [1.82, 2.24) is 14.3 Å². The summed E-state index contributed by atoms with van der Waals surface area (Å²) in [7, 11) is 1.59. The van der Waals surface area contributed by atoms with E-state index in [1.165, 1.54) is 9.36 Å². The average molecular weight is 302 g/mol. The molecular formula is C15H18N4O3. The third-order valence-electron chi connectivity index (χ3n) is 3.57. The molecule has 2 heterocycles. The quantitative estimate of drug-likeness (QED) is 0.862. The van der Waals surface area contributed by atoms with Crippen LogP contribution in [0.3, 0.4) is 0 Å². The highest BCUT2D eigenvalue weighted by molar-refractivity contribution is 5.95. The van der Waals surface area contributed by atoms with Crippen molar-refractivity contribution < 1.29 is 9.53 Å². The van der Waals surface area contributed by atoms with Crippen LogP contribution in [0.25, 0.3) is 0 Å². The molecule has 2 aromatic rings. The van der Waals surface area contributed by atoms with Crippen molar-refractivity contribution in [2.24, 2.45) is 5.92 Å². The number of benzene rings is 1. The Morgan fingerprint density at radius 2 is 1.91 bits per heavy atom. The molecule has 1 aromatic heterocycles. The first-order chi connectivity index (χ1) is 10.5. The number of aromatic nitrogens is 3. The van der Waals surface area contributed by atoms with Crippen LogP contribution in [0.2, 0.25) is 0 Å². The van der Waals surface area contributed by atoms with Crippen LogP contribution in [-0.4, -0.2) is 27.5 Å². The van der Waals surface area contributed by atoms with E-state index in [1.54, 1.807) is 24.1 Å². The lowest BCUT2D eigenvalue weighted by Gasteiger charge is -2.16.